The molecule has 0 saturated carbocycles. The molecule has 41 heavy (non-hydrogen) atoms. The lowest BCUT2D eigenvalue weighted by molar-refractivity contribution is -0.159. The van der Waals surface area contributed by atoms with E-state index >= 15 is 0 Å². The number of carbonyl (C=O) groups is 3. The van der Waals surface area contributed by atoms with Crippen molar-refractivity contribution in [3.05, 3.63) is 53.4 Å². The van der Waals surface area contributed by atoms with Gasteiger partial charge in [-0.25, -0.2) is 9.59 Å². The molecular formula is C29H33N3O8S. The number of nitrogens with one attached hydrogen (secondary N) is 2. The standard InChI is InChI=1S/C27H31N3O4S.C2H2O4/c1-17-11-18(26-12-21-23(33-2)6-4-8-25(21)35-26)9-10-30(17)14-19(32)15-34-24-7-3-5-22-20(24)13-27(29-22)28-16-31;3-1(4)2(5)6/h3-8,12-13,16-19,29,32H,9-11,14-15H2,1-2H3,(H,28,31);(H,3,4)(H,5,6)/t17-,18-,19+;/m1./s1. The summed E-state index contributed by atoms with van der Waals surface area (Å²) in [6.07, 6.45) is 2.18. The number of aromatic nitrogens is 1. The van der Waals surface area contributed by atoms with E-state index in [0.29, 0.717) is 36.5 Å². The van der Waals surface area contributed by atoms with Gasteiger partial charge in [0.25, 0.3) is 0 Å². The number of hydrogen-bond donors (Lipinski definition) is 5. The molecular weight excluding hydrogens is 550 g/mol. The number of nitrogens with zero attached hydrogens (tertiary/aromatic N) is 1. The predicted octanol–water partition coefficient (Wildman–Crippen LogP) is 4.12. The number of aliphatic carboxylic acids is 2. The highest BCUT2D eigenvalue weighted by molar-refractivity contribution is 7.19. The maximum absolute atomic E-state index is 10.7. The second kappa shape index (κ2) is 13.5. The van der Waals surface area contributed by atoms with Gasteiger partial charge in [-0.1, -0.05) is 12.1 Å². The van der Waals surface area contributed by atoms with E-state index in [1.54, 1.807) is 7.11 Å². The SMILES string of the molecule is COc1cccc2sc([C@@H]3CCN(C[C@H](O)COc4cccc5[nH]c(NC=O)cc45)[C@H](C)C3)cc12.O=C(O)C(=O)O. The van der Waals surface area contributed by atoms with Gasteiger partial charge in [0.1, 0.15) is 30.0 Å². The van der Waals surface area contributed by atoms with Crippen LogP contribution in [0.25, 0.3) is 21.0 Å². The van der Waals surface area contributed by atoms with Crippen LogP contribution in [-0.4, -0.2) is 82.5 Å². The van der Waals surface area contributed by atoms with Gasteiger partial charge in [0.05, 0.1) is 12.6 Å². The van der Waals surface area contributed by atoms with Crippen LogP contribution in [0.3, 0.4) is 0 Å². The number of carbonyl (C=O) groups excluding carboxylic acids is 1. The number of ether oxygens (including phenoxy) is 2. The molecule has 1 fully saturated rings. The number of fused-ring (bicyclic) bond motifs is 2. The normalized spacial score (nSPS) is 17.8. The van der Waals surface area contributed by atoms with Crippen LogP contribution in [0.5, 0.6) is 11.5 Å². The smallest absolute Gasteiger partial charge is 0.414 e. The van der Waals surface area contributed by atoms with E-state index in [1.807, 2.05) is 47.7 Å². The third-order valence-corrected chi connectivity index (χ3v) is 8.34. The molecule has 4 aromatic rings. The summed E-state index contributed by atoms with van der Waals surface area (Å²) in [5, 5.41) is 30.2. The van der Waals surface area contributed by atoms with Crippen molar-refractivity contribution in [2.24, 2.45) is 0 Å². The number of anilines is 1. The molecule has 218 valence electrons. The topological polar surface area (TPSA) is 161 Å². The summed E-state index contributed by atoms with van der Waals surface area (Å²) in [6, 6.07) is 16.4. The lowest BCUT2D eigenvalue weighted by atomic mass is 9.90. The number of aromatic amines is 1. The van der Waals surface area contributed by atoms with Gasteiger partial charge in [-0.2, -0.15) is 0 Å². The van der Waals surface area contributed by atoms with Gasteiger partial charge < -0.3 is 35.1 Å². The molecule has 0 radical (unpaired) electrons. The molecule has 1 aliphatic rings. The van der Waals surface area contributed by atoms with Crippen molar-refractivity contribution in [2.75, 3.05) is 32.1 Å². The number of methoxy groups -OCH3 is 1. The Labute approximate surface area is 240 Å². The Morgan fingerprint density at radius 3 is 2.56 bits per heavy atom. The first-order chi connectivity index (χ1) is 19.7. The summed E-state index contributed by atoms with van der Waals surface area (Å²) in [7, 11) is 1.72. The maximum Gasteiger partial charge on any atom is 0.414 e. The minimum atomic E-state index is -1.82. The number of likely N-dealkylation sites (tertiary alicyclic amines) is 1. The van der Waals surface area contributed by atoms with Gasteiger partial charge in [0, 0.05) is 32.9 Å². The first-order valence-electron chi connectivity index (χ1n) is 13.1. The number of amides is 1. The fourth-order valence-electron chi connectivity index (χ4n) is 5.09. The van der Waals surface area contributed by atoms with Gasteiger partial charge in [-0.05, 0) is 68.6 Å². The average molecular weight is 584 g/mol. The maximum atomic E-state index is 10.7. The molecule has 5 N–H and O–H groups in total. The number of thiophene rings is 1. The first-order valence-corrected chi connectivity index (χ1v) is 13.9. The summed E-state index contributed by atoms with van der Waals surface area (Å²) in [6.45, 7) is 3.98. The zero-order valence-corrected chi connectivity index (χ0v) is 23.5. The van der Waals surface area contributed by atoms with Crippen LogP contribution < -0.4 is 14.8 Å². The average Bonchev–Trinajstić information content (AvgIpc) is 3.58. The number of aliphatic hydroxyl groups excluding tert-OH is 1. The molecule has 0 bridgehead atoms. The largest absolute Gasteiger partial charge is 0.496 e. The Morgan fingerprint density at radius 1 is 1.15 bits per heavy atom. The predicted molar refractivity (Wildman–Crippen MR) is 156 cm³/mol. The highest BCUT2D eigenvalue weighted by Gasteiger charge is 2.29. The van der Waals surface area contributed by atoms with E-state index in [2.05, 4.69) is 34.3 Å². The monoisotopic (exact) mass is 583 g/mol. The van der Waals surface area contributed by atoms with E-state index in [1.165, 1.54) is 15.0 Å². The molecule has 3 heterocycles. The van der Waals surface area contributed by atoms with Crippen LogP contribution in [0.2, 0.25) is 0 Å². The molecule has 5 rings (SSSR count). The van der Waals surface area contributed by atoms with E-state index in [4.69, 9.17) is 29.3 Å². The van der Waals surface area contributed by atoms with Crippen LogP contribution in [0.1, 0.15) is 30.6 Å². The van der Waals surface area contributed by atoms with Crippen molar-refractivity contribution >= 4 is 56.5 Å². The van der Waals surface area contributed by atoms with Crippen molar-refractivity contribution in [3.63, 3.8) is 0 Å². The minimum absolute atomic E-state index is 0.212. The summed E-state index contributed by atoms with van der Waals surface area (Å²) >= 11 is 1.87. The number of aliphatic hydroxyl groups is 1. The molecule has 2 aromatic carbocycles. The number of rotatable bonds is 9. The number of H-pyrrole nitrogens is 1. The number of carboxylic acids is 2. The molecule has 0 unspecified atom stereocenters. The lowest BCUT2D eigenvalue weighted by Crippen LogP contribution is -2.45. The summed E-state index contributed by atoms with van der Waals surface area (Å²) in [5.74, 6) is -0.892. The molecule has 3 atom stereocenters. The van der Waals surface area contributed by atoms with E-state index in [0.717, 1.165) is 36.0 Å². The van der Waals surface area contributed by atoms with Crippen molar-refractivity contribution < 1.29 is 39.2 Å². The van der Waals surface area contributed by atoms with Crippen LogP contribution in [0.15, 0.2) is 48.5 Å². The first kappa shape index (κ1) is 29.8. The quantitative estimate of drug-likeness (QED) is 0.144. The zero-order valence-electron chi connectivity index (χ0n) is 22.7. The third-order valence-electron chi connectivity index (χ3n) is 7.07. The second-order valence-corrected chi connectivity index (χ2v) is 10.9. The Kier molecular flexibility index (Phi) is 9.82. The van der Waals surface area contributed by atoms with Gasteiger partial charge in [-0.15, -0.1) is 11.3 Å². The van der Waals surface area contributed by atoms with Gasteiger partial charge >= 0.3 is 11.9 Å². The van der Waals surface area contributed by atoms with Gasteiger partial charge in [-0.3, -0.25) is 9.69 Å². The molecule has 0 aliphatic carbocycles. The van der Waals surface area contributed by atoms with Gasteiger partial charge in [0.15, 0.2) is 0 Å². The Morgan fingerprint density at radius 2 is 1.88 bits per heavy atom. The fourth-order valence-corrected chi connectivity index (χ4v) is 6.31. The van der Waals surface area contributed by atoms with Crippen LogP contribution in [0, 0.1) is 0 Å². The molecule has 1 saturated heterocycles. The van der Waals surface area contributed by atoms with Gasteiger partial charge in [0.2, 0.25) is 6.41 Å². The Balaban J connectivity index is 0.000000585. The molecule has 11 nitrogen and oxygen atoms in total. The molecule has 1 aliphatic heterocycles. The lowest BCUT2D eigenvalue weighted by Gasteiger charge is -2.38. The molecule has 12 heteroatoms. The van der Waals surface area contributed by atoms with Crippen LogP contribution in [-0.2, 0) is 14.4 Å². The molecule has 0 spiro atoms. The van der Waals surface area contributed by atoms with Crippen molar-refractivity contribution in [3.8, 4) is 11.5 Å². The number of β-amino-alcohol motifs (C(OH)–C–C–N with tert-alkyl or cyclic N) is 1. The summed E-state index contributed by atoms with van der Waals surface area (Å²) in [5.41, 5.74) is 0.871. The third kappa shape index (κ3) is 7.34. The fraction of sp³-hybridized carbons (Fsp3) is 0.345. The van der Waals surface area contributed by atoms with Crippen molar-refractivity contribution in [2.45, 2.75) is 37.8 Å². The van der Waals surface area contributed by atoms with Crippen LogP contribution >= 0.6 is 11.3 Å². The number of carboxylic acid groups (broad SMARTS) is 2. The van der Waals surface area contributed by atoms with E-state index < -0.39 is 18.0 Å². The number of piperidine rings is 1. The highest BCUT2D eigenvalue weighted by atomic mass is 32.1. The van der Waals surface area contributed by atoms with Crippen molar-refractivity contribution in [1.82, 2.24) is 9.88 Å². The Bertz CT molecular complexity index is 1500. The summed E-state index contributed by atoms with van der Waals surface area (Å²) in [4.78, 5) is 35.8. The molecule has 1 amide bonds. The van der Waals surface area contributed by atoms with E-state index in [9.17, 15) is 9.90 Å². The highest BCUT2D eigenvalue weighted by Crippen LogP contribution is 2.40. The second-order valence-electron chi connectivity index (χ2n) is 9.82. The molecule has 2 aromatic heterocycles. The minimum Gasteiger partial charge on any atom is -0.496 e. The van der Waals surface area contributed by atoms with Crippen molar-refractivity contribution in [1.29, 1.82) is 0 Å². The zero-order chi connectivity index (χ0) is 29.5. The van der Waals surface area contributed by atoms with Crippen LogP contribution in [0.4, 0.5) is 5.82 Å². The summed E-state index contributed by atoms with van der Waals surface area (Å²) < 4.78 is 12.8. The Hall–Kier alpha value is -4.13. The number of hydrogen-bond acceptors (Lipinski definition) is 8. The van der Waals surface area contributed by atoms with E-state index in [-0.39, 0.29) is 6.61 Å². The number of benzene rings is 2.